The van der Waals surface area contributed by atoms with Crippen molar-refractivity contribution in [2.45, 2.75) is 25.8 Å². The van der Waals surface area contributed by atoms with Crippen molar-refractivity contribution in [1.82, 2.24) is 9.88 Å². The maximum Gasteiger partial charge on any atom is 0.228 e. The molecule has 2 fully saturated rings. The van der Waals surface area contributed by atoms with E-state index in [0.29, 0.717) is 19.0 Å². The molecule has 0 bridgehead atoms. The van der Waals surface area contributed by atoms with Gasteiger partial charge in [0, 0.05) is 30.1 Å². The van der Waals surface area contributed by atoms with E-state index >= 15 is 0 Å². The van der Waals surface area contributed by atoms with Gasteiger partial charge >= 0.3 is 0 Å². The number of hydrogen-bond acceptors (Lipinski definition) is 5. The third-order valence-electron chi connectivity index (χ3n) is 5.65. The Bertz CT molecular complexity index is 888. The first kappa shape index (κ1) is 18.8. The molecule has 2 amide bonds. The van der Waals surface area contributed by atoms with Gasteiger partial charge in [0.05, 0.1) is 19.3 Å². The number of amides is 2. The van der Waals surface area contributed by atoms with E-state index in [0.717, 1.165) is 42.4 Å². The first-order valence-corrected chi connectivity index (χ1v) is 9.78. The summed E-state index contributed by atoms with van der Waals surface area (Å²) in [5.41, 5.74) is 0.840. The van der Waals surface area contributed by atoms with E-state index in [9.17, 15) is 9.59 Å². The number of nitrogens with one attached hydrogen (secondary N) is 1. The molecule has 148 valence electrons. The molecule has 2 saturated heterocycles. The molecule has 0 aliphatic carbocycles. The molecule has 0 spiro atoms. The number of pyridine rings is 1. The SMILES string of the molecule is CC(=O)N(c1ccc2cnc(NC(=O)C3CCN(C)CC3)cc2c1)C1COC1. The summed E-state index contributed by atoms with van der Waals surface area (Å²) in [6.45, 7) is 4.58. The summed E-state index contributed by atoms with van der Waals surface area (Å²) >= 11 is 0. The van der Waals surface area contributed by atoms with E-state index in [1.165, 1.54) is 0 Å². The van der Waals surface area contributed by atoms with Crippen LogP contribution in [0.25, 0.3) is 10.8 Å². The Labute approximate surface area is 164 Å². The molecule has 7 heteroatoms. The van der Waals surface area contributed by atoms with Crippen molar-refractivity contribution in [2.24, 2.45) is 5.92 Å². The predicted octanol–water partition coefficient (Wildman–Crippen LogP) is 2.27. The van der Waals surface area contributed by atoms with Crippen LogP contribution in [0.3, 0.4) is 0 Å². The Hall–Kier alpha value is -2.51. The number of rotatable bonds is 4. The monoisotopic (exact) mass is 382 g/mol. The first-order valence-electron chi connectivity index (χ1n) is 9.78. The van der Waals surface area contributed by atoms with Gasteiger partial charge in [0.15, 0.2) is 0 Å². The molecule has 2 aromatic rings. The summed E-state index contributed by atoms with van der Waals surface area (Å²) in [7, 11) is 2.08. The molecule has 1 aromatic heterocycles. The molecule has 0 unspecified atom stereocenters. The minimum absolute atomic E-state index is 0.00232. The third-order valence-corrected chi connectivity index (χ3v) is 5.65. The number of piperidine rings is 1. The second kappa shape index (κ2) is 7.85. The average Bonchev–Trinajstić information content (AvgIpc) is 2.64. The molecular formula is C21H26N4O3. The molecule has 28 heavy (non-hydrogen) atoms. The molecule has 1 N–H and O–H groups in total. The number of aromatic nitrogens is 1. The number of ether oxygens (including phenoxy) is 1. The number of anilines is 2. The Morgan fingerprint density at radius 1 is 1.18 bits per heavy atom. The second-order valence-electron chi connectivity index (χ2n) is 7.75. The van der Waals surface area contributed by atoms with Gasteiger partial charge in [-0.05, 0) is 56.6 Å². The number of nitrogens with zero attached hydrogens (tertiary/aromatic N) is 3. The van der Waals surface area contributed by atoms with Crippen LogP contribution in [-0.2, 0) is 14.3 Å². The molecular weight excluding hydrogens is 356 g/mol. The maximum absolute atomic E-state index is 12.6. The van der Waals surface area contributed by atoms with Crippen LogP contribution in [0.5, 0.6) is 0 Å². The van der Waals surface area contributed by atoms with Crippen molar-refractivity contribution >= 4 is 34.1 Å². The lowest BCUT2D eigenvalue weighted by atomic mass is 9.96. The van der Waals surface area contributed by atoms with Gasteiger partial charge in [-0.2, -0.15) is 0 Å². The highest BCUT2D eigenvalue weighted by Crippen LogP contribution is 2.27. The van der Waals surface area contributed by atoms with Crippen molar-refractivity contribution in [3.05, 3.63) is 30.5 Å². The van der Waals surface area contributed by atoms with E-state index in [4.69, 9.17) is 4.74 Å². The topological polar surface area (TPSA) is 74.8 Å². The minimum Gasteiger partial charge on any atom is -0.377 e. The number of carbonyl (C=O) groups excluding carboxylic acids is 2. The van der Waals surface area contributed by atoms with E-state index in [1.807, 2.05) is 24.3 Å². The molecule has 0 saturated carbocycles. The summed E-state index contributed by atoms with van der Waals surface area (Å²) in [6, 6.07) is 7.82. The highest BCUT2D eigenvalue weighted by molar-refractivity contribution is 5.97. The van der Waals surface area contributed by atoms with Crippen LogP contribution in [0.4, 0.5) is 11.5 Å². The zero-order valence-electron chi connectivity index (χ0n) is 16.4. The quantitative estimate of drug-likeness (QED) is 0.878. The highest BCUT2D eigenvalue weighted by atomic mass is 16.5. The number of fused-ring (bicyclic) bond motifs is 1. The van der Waals surface area contributed by atoms with Crippen molar-refractivity contribution in [3.63, 3.8) is 0 Å². The summed E-state index contributed by atoms with van der Waals surface area (Å²) in [6.07, 6.45) is 3.50. The number of carbonyl (C=O) groups is 2. The zero-order valence-corrected chi connectivity index (χ0v) is 16.4. The van der Waals surface area contributed by atoms with Gasteiger partial charge < -0.3 is 19.9 Å². The molecule has 2 aliphatic heterocycles. The molecule has 1 aromatic carbocycles. The van der Waals surface area contributed by atoms with Gasteiger partial charge in [0.25, 0.3) is 0 Å². The summed E-state index contributed by atoms with van der Waals surface area (Å²) < 4.78 is 5.25. The molecule has 3 heterocycles. The first-order chi connectivity index (χ1) is 13.5. The third kappa shape index (κ3) is 3.86. The summed E-state index contributed by atoms with van der Waals surface area (Å²) in [5, 5.41) is 4.88. The predicted molar refractivity (Wildman–Crippen MR) is 108 cm³/mol. The normalized spacial score (nSPS) is 18.6. The number of hydrogen-bond donors (Lipinski definition) is 1. The lowest BCUT2D eigenvalue weighted by Crippen LogP contribution is -2.51. The van der Waals surface area contributed by atoms with Crippen LogP contribution < -0.4 is 10.2 Å². The van der Waals surface area contributed by atoms with Crippen LogP contribution in [0.2, 0.25) is 0 Å². The Balaban J connectivity index is 1.54. The summed E-state index contributed by atoms with van der Waals surface area (Å²) in [5.74, 6) is 0.618. The van der Waals surface area contributed by atoms with E-state index in [-0.39, 0.29) is 23.8 Å². The largest absolute Gasteiger partial charge is 0.377 e. The van der Waals surface area contributed by atoms with Crippen LogP contribution in [0.1, 0.15) is 19.8 Å². The Morgan fingerprint density at radius 2 is 1.93 bits per heavy atom. The lowest BCUT2D eigenvalue weighted by molar-refractivity contribution is -0.121. The number of likely N-dealkylation sites (tertiary alicyclic amines) is 1. The fraction of sp³-hybridized carbons (Fsp3) is 0.476. The van der Waals surface area contributed by atoms with E-state index < -0.39 is 0 Å². The van der Waals surface area contributed by atoms with Gasteiger partial charge in [-0.3, -0.25) is 9.59 Å². The fourth-order valence-electron chi connectivity index (χ4n) is 3.87. The van der Waals surface area contributed by atoms with Crippen molar-refractivity contribution in [3.8, 4) is 0 Å². The van der Waals surface area contributed by atoms with Gasteiger partial charge in [0.1, 0.15) is 5.82 Å². The van der Waals surface area contributed by atoms with Gasteiger partial charge in [-0.1, -0.05) is 6.07 Å². The van der Waals surface area contributed by atoms with Gasteiger partial charge in [0.2, 0.25) is 11.8 Å². The second-order valence-corrected chi connectivity index (χ2v) is 7.75. The van der Waals surface area contributed by atoms with Gasteiger partial charge in [-0.25, -0.2) is 4.98 Å². The molecule has 0 atom stereocenters. The van der Waals surface area contributed by atoms with Crippen LogP contribution >= 0.6 is 0 Å². The lowest BCUT2D eigenvalue weighted by Gasteiger charge is -2.36. The molecule has 4 rings (SSSR count). The van der Waals surface area contributed by atoms with Crippen molar-refractivity contribution in [1.29, 1.82) is 0 Å². The Morgan fingerprint density at radius 3 is 2.57 bits per heavy atom. The van der Waals surface area contributed by atoms with Gasteiger partial charge in [-0.15, -0.1) is 0 Å². The zero-order chi connectivity index (χ0) is 19.7. The van der Waals surface area contributed by atoms with E-state index in [1.54, 1.807) is 18.0 Å². The summed E-state index contributed by atoms with van der Waals surface area (Å²) in [4.78, 5) is 33.1. The maximum atomic E-state index is 12.6. The number of benzene rings is 1. The van der Waals surface area contributed by atoms with Crippen LogP contribution in [-0.4, -0.2) is 61.1 Å². The molecule has 7 nitrogen and oxygen atoms in total. The molecule has 0 radical (unpaired) electrons. The van der Waals surface area contributed by atoms with Crippen molar-refractivity contribution < 1.29 is 14.3 Å². The molecule has 2 aliphatic rings. The van der Waals surface area contributed by atoms with Crippen LogP contribution in [0.15, 0.2) is 30.5 Å². The fourth-order valence-corrected chi connectivity index (χ4v) is 3.87. The van der Waals surface area contributed by atoms with Crippen LogP contribution in [0, 0.1) is 5.92 Å². The van der Waals surface area contributed by atoms with E-state index in [2.05, 4.69) is 22.2 Å². The smallest absolute Gasteiger partial charge is 0.228 e. The average molecular weight is 382 g/mol. The van der Waals surface area contributed by atoms with Crippen molar-refractivity contribution in [2.75, 3.05) is 43.6 Å². The Kier molecular flexibility index (Phi) is 5.28. The standard InChI is InChI=1S/C21H26N4O3/c1-14(26)25(19-12-28-13-19)18-4-3-16-11-22-20(10-17(16)9-18)23-21(27)15-5-7-24(2)8-6-15/h3-4,9-11,15,19H,5-8,12-13H2,1-2H3,(H,22,23,27). The minimum atomic E-state index is -0.00232. The highest BCUT2D eigenvalue weighted by Gasteiger charge is 2.29.